The van der Waals surface area contributed by atoms with Gasteiger partial charge < -0.3 is 9.64 Å². The third-order valence-corrected chi connectivity index (χ3v) is 2.25. The van der Waals surface area contributed by atoms with Gasteiger partial charge in [-0.15, -0.1) is 12.1 Å². The number of hydrogen-bond donors (Lipinski definition) is 0. The molecule has 1 aromatic rings. The van der Waals surface area contributed by atoms with E-state index in [2.05, 4.69) is 6.07 Å². The number of ether oxygens (including phenoxy) is 1. The largest absolute Gasteiger partial charge is 0.547 e. The van der Waals surface area contributed by atoms with Crippen molar-refractivity contribution in [3.63, 3.8) is 0 Å². The minimum absolute atomic E-state index is 0. The Hall–Kier alpha value is -0.736. The number of rotatable bonds is 1. The minimum atomic E-state index is -2.48. The number of hydrogen-bond acceptors (Lipinski definition) is 2. The van der Waals surface area contributed by atoms with Crippen molar-refractivity contribution < 1.29 is 32.1 Å². The summed E-state index contributed by atoms with van der Waals surface area (Å²) in [6, 6.07) is 5.42. The maximum atomic E-state index is 12.4. The smallest absolute Gasteiger partial charge is 0.242 e. The Balaban J connectivity index is 0.000000811. The van der Waals surface area contributed by atoms with Crippen LogP contribution in [0.4, 0.5) is 14.5 Å². The molecule has 1 aliphatic heterocycles. The molecule has 1 heterocycles. The van der Waals surface area contributed by atoms with Crippen molar-refractivity contribution in [2.24, 2.45) is 0 Å². The Kier molecular flexibility index (Phi) is 7.24. The van der Waals surface area contributed by atoms with Crippen molar-refractivity contribution in [2.75, 3.05) is 25.1 Å². The number of likely N-dealkylation sites (N-methyl/N-ethyl adjacent to an activating group) is 1. The molecular formula is C12H16F2NOV-. The maximum Gasteiger partial charge on any atom is 0.242 e. The van der Waals surface area contributed by atoms with Gasteiger partial charge in [0, 0.05) is 37.9 Å². The molecule has 1 aromatic carbocycles. The second-order valence-electron chi connectivity index (χ2n) is 3.21. The Morgan fingerprint density at radius 3 is 2.65 bits per heavy atom. The quantitative estimate of drug-likeness (QED) is 0.731. The summed E-state index contributed by atoms with van der Waals surface area (Å²) in [5, 5.41) is 0. The molecule has 0 atom stereocenters. The summed E-state index contributed by atoms with van der Waals surface area (Å²) in [4.78, 5) is 1.90. The van der Waals surface area contributed by atoms with Gasteiger partial charge in [0.05, 0.1) is 6.61 Å². The van der Waals surface area contributed by atoms with E-state index in [9.17, 15) is 8.78 Å². The molecule has 0 aliphatic carbocycles. The fraction of sp³-hybridized carbons (Fsp3) is 0.500. The first-order valence-electron chi connectivity index (χ1n) is 5.36. The molecular weight excluding hydrogens is 263 g/mol. The number of nitrogens with zero attached hydrogens (tertiary/aromatic N) is 1. The zero-order valence-electron chi connectivity index (χ0n) is 10.2. The molecule has 0 unspecified atom stereocenters. The van der Waals surface area contributed by atoms with Crippen LogP contribution in [0.15, 0.2) is 12.1 Å². The van der Waals surface area contributed by atoms with E-state index in [1.807, 2.05) is 25.8 Å². The molecule has 0 fully saturated rings. The van der Waals surface area contributed by atoms with Crippen LogP contribution in [0.2, 0.25) is 0 Å². The maximum absolute atomic E-state index is 12.4. The molecule has 17 heavy (non-hydrogen) atoms. The Bertz CT molecular complexity index is 347. The van der Waals surface area contributed by atoms with Crippen molar-refractivity contribution in [2.45, 2.75) is 20.3 Å². The van der Waals surface area contributed by atoms with Crippen LogP contribution in [-0.4, -0.2) is 20.2 Å². The molecule has 95 valence electrons. The van der Waals surface area contributed by atoms with Crippen LogP contribution in [-0.2, 0) is 18.6 Å². The molecule has 0 aromatic heterocycles. The summed E-state index contributed by atoms with van der Waals surface area (Å²) in [5.74, 6) is 0.628. The van der Waals surface area contributed by atoms with E-state index in [1.165, 1.54) is 12.1 Å². The van der Waals surface area contributed by atoms with Crippen molar-refractivity contribution >= 4 is 5.69 Å². The van der Waals surface area contributed by atoms with Crippen molar-refractivity contribution in [1.29, 1.82) is 0 Å². The number of alkyl halides is 2. The van der Waals surface area contributed by atoms with Crippen LogP contribution in [0.1, 0.15) is 25.8 Å². The molecule has 0 N–H and O–H groups in total. The first-order chi connectivity index (χ1) is 7.68. The fourth-order valence-electron chi connectivity index (χ4n) is 1.44. The SMILES string of the molecule is CC.CN1CCOc2c[c-]c(C(F)F)cc21.[V]. The van der Waals surface area contributed by atoms with Gasteiger partial charge in [-0.2, -0.15) is 6.07 Å². The van der Waals surface area contributed by atoms with Crippen LogP contribution in [0, 0.1) is 6.07 Å². The minimum Gasteiger partial charge on any atom is -0.547 e. The van der Waals surface area contributed by atoms with Gasteiger partial charge in [-0.1, -0.05) is 19.4 Å². The number of anilines is 1. The molecule has 0 spiro atoms. The molecule has 0 saturated heterocycles. The summed E-state index contributed by atoms with van der Waals surface area (Å²) in [7, 11) is 1.86. The fourth-order valence-corrected chi connectivity index (χ4v) is 1.44. The van der Waals surface area contributed by atoms with Crippen molar-refractivity contribution in [3.8, 4) is 5.75 Å². The van der Waals surface area contributed by atoms with Gasteiger partial charge in [0.25, 0.3) is 0 Å². The zero-order valence-corrected chi connectivity index (χ0v) is 11.6. The van der Waals surface area contributed by atoms with E-state index in [4.69, 9.17) is 4.74 Å². The predicted octanol–water partition coefficient (Wildman–Crippen LogP) is 3.28. The van der Waals surface area contributed by atoms with Crippen molar-refractivity contribution in [3.05, 3.63) is 23.8 Å². The summed E-state index contributed by atoms with van der Waals surface area (Å²) < 4.78 is 30.1. The van der Waals surface area contributed by atoms with E-state index < -0.39 is 6.43 Å². The third kappa shape index (κ3) is 3.89. The van der Waals surface area contributed by atoms with E-state index in [0.717, 1.165) is 6.54 Å². The van der Waals surface area contributed by atoms with Gasteiger partial charge in [0.15, 0.2) is 0 Å². The van der Waals surface area contributed by atoms with Crippen molar-refractivity contribution in [1.82, 2.24) is 0 Å². The van der Waals surface area contributed by atoms with Gasteiger partial charge >= 0.3 is 0 Å². The Morgan fingerprint density at radius 2 is 2.06 bits per heavy atom. The Labute approximate surface area is 113 Å². The number of benzene rings is 1. The number of fused-ring (bicyclic) bond motifs is 1. The van der Waals surface area contributed by atoms with Gasteiger partial charge in [-0.25, -0.2) is 8.78 Å². The first-order valence-corrected chi connectivity index (χ1v) is 5.36. The van der Waals surface area contributed by atoms with Crippen LogP contribution in [0.3, 0.4) is 0 Å². The summed E-state index contributed by atoms with van der Waals surface area (Å²) in [5.41, 5.74) is 0.631. The van der Waals surface area contributed by atoms with Crippen LogP contribution < -0.4 is 9.64 Å². The average Bonchev–Trinajstić information content (AvgIpc) is 2.32. The van der Waals surface area contributed by atoms with Gasteiger partial charge in [-0.05, 0) is 5.69 Å². The normalized spacial score (nSPS) is 12.9. The first kappa shape index (κ1) is 16.3. The Morgan fingerprint density at radius 1 is 1.41 bits per heavy atom. The van der Waals surface area contributed by atoms with Gasteiger partial charge in [0.1, 0.15) is 0 Å². The summed E-state index contributed by atoms with van der Waals surface area (Å²) >= 11 is 0. The molecule has 0 amide bonds. The van der Waals surface area contributed by atoms with Gasteiger partial charge in [-0.3, -0.25) is 0 Å². The van der Waals surface area contributed by atoms with E-state index in [0.29, 0.717) is 18.0 Å². The molecule has 0 saturated carbocycles. The predicted molar refractivity (Wildman–Crippen MR) is 60.3 cm³/mol. The van der Waals surface area contributed by atoms with Crippen LogP contribution >= 0.6 is 0 Å². The molecule has 5 heteroatoms. The zero-order chi connectivity index (χ0) is 12.1. The molecule has 1 aliphatic rings. The second-order valence-corrected chi connectivity index (χ2v) is 3.21. The van der Waals surface area contributed by atoms with E-state index in [-0.39, 0.29) is 24.1 Å². The summed E-state index contributed by atoms with van der Waals surface area (Å²) in [6.07, 6.45) is -2.48. The monoisotopic (exact) mass is 279 g/mol. The third-order valence-electron chi connectivity index (χ3n) is 2.25. The molecule has 0 bridgehead atoms. The number of halogens is 2. The standard InChI is InChI=1S/C10H10F2NO.C2H6.V/c1-13-4-5-14-9-3-2-7(10(11)12)6-8(9)13;1-2;/h3,6,10H,4-5H2,1H3;1-2H3;/q-1;;. The van der Waals surface area contributed by atoms with Crippen LogP contribution in [0.5, 0.6) is 5.75 Å². The average molecular weight is 279 g/mol. The van der Waals surface area contributed by atoms with Gasteiger partial charge in [0.2, 0.25) is 6.43 Å². The topological polar surface area (TPSA) is 12.5 Å². The van der Waals surface area contributed by atoms with Crippen LogP contribution in [0.25, 0.3) is 0 Å². The summed E-state index contributed by atoms with van der Waals surface area (Å²) in [6.45, 7) is 5.31. The molecule has 2 nitrogen and oxygen atoms in total. The second kappa shape index (κ2) is 7.56. The van der Waals surface area contributed by atoms with E-state index in [1.54, 1.807) is 0 Å². The molecule has 2 rings (SSSR count). The van der Waals surface area contributed by atoms with E-state index >= 15 is 0 Å². The molecule has 1 radical (unpaired) electrons.